The molecule has 0 aromatic heterocycles. The van der Waals surface area contributed by atoms with Gasteiger partial charge in [0.15, 0.2) is 0 Å². The number of methoxy groups -OCH3 is 3. The van der Waals surface area contributed by atoms with E-state index in [4.69, 9.17) is 23.7 Å². The van der Waals surface area contributed by atoms with E-state index < -0.39 is 83.9 Å². The molecule has 14 atom stereocenters. The Morgan fingerprint density at radius 1 is 0.911 bits per heavy atom. The molecule has 318 valence electrons. The lowest BCUT2D eigenvalue weighted by Gasteiger charge is -2.47. The van der Waals surface area contributed by atoms with Gasteiger partial charge in [-0.05, 0) is 95.5 Å². The van der Waals surface area contributed by atoms with E-state index in [1.807, 2.05) is 32.9 Å². The number of piperidine rings is 1. The van der Waals surface area contributed by atoms with Gasteiger partial charge in [-0.1, -0.05) is 45.4 Å². The summed E-state index contributed by atoms with van der Waals surface area (Å²) in [6.45, 7) is 11.3. The molecule has 0 spiro atoms. The molecule has 3 aliphatic heterocycles. The van der Waals surface area contributed by atoms with Crippen LogP contribution in [-0.2, 0) is 42.9 Å². The van der Waals surface area contributed by atoms with Crippen LogP contribution in [0, 0.1) is 29.6 Å². The van der Waals surface area contributed by atoms with Gasteiger partial charge in [-0.3, -0.25) is 14.4 Å². The Labute approximate surface area is 333 Å². The quantitative estimate of drug-likeness (QED) is 0.196. The number of carbonyl (C=O) groups is 4. The number of hydrogen-bond acceptors (Lipinski definition) is 12. The van der Waals surface area contributed by atoms with Gasteiger partial charge in [0, 0.05) is 52.0 Å². The van der Waals surface area contributed by atoms with E-state index in [1.54, 1.807) is 21.0 Å². The topological polar surface area (TPSA) is 178 Å². The minimum Gasteiger partial charge on any atom is -0.456 e. The van der Waals surface area contributed by atoms with Crippen LogP contribution in [0.15, 0.2) is 23.3 Å². The number of aliphatic hydroxyl groups is 3. The maximum absolute atomic E-state index is 14.3. The van der Waals surface area contributed by atoms with Gasteiger partial charge in [-0.15, -0.1) is 0 Å². The van der Waals surface area contributed by atoms with Crippen LogP contribution < -0.4 is 0 Å². The van der Waals surface area contributed by atoms with Crippen molar-refractivity contribution in [2.45, 2.75) is 167 Å². The number of cyclic esters (lactones) is 1. The molecule has 13 nitrogen and oxygen atoms in total. The van der Waals surface area contributed by atoms with E-state index in [-0.39, 0.29) is 49.5 Å². The van der Waals surface area contributed by atoms with Crippen molar-refractivity contribution in [1.82, 2.24) is 4.90 Å². The van der Waals surface area contributed by atoms with Crippen molar-refractivity contribution in [2.24, 2.45) is 29.6 Å². The number of ether oxygens (including phenoxy) is 5. The van der Waals surface area contributed by atoms with Crippen LogP contribution in [0.4, 0.5) is 0 Å². The first kappa shape index (κ1) is 46.2. The third-order valence-corrected chi connectivity index (χ3v) is 12.9. The lowest BCUT2D eigenvalue weighted by Crippen LogP contribution is -2.64. The maximum Gasteiger partial charge on any atom is 0.329 e. The molecule has 4 rings (SSSR count). The predicted octanol–water partition coefficient (Wildman–Crippen LogP) is 4.47. The molecule has 3 fully saturated rings. The third kappa shape index (κ3) is 10.7. The highest BCUT2D eigenvalue weighted by Crippen LogP contribution is 2.39. The summed E-state index contributed by atoms with van der Waals surface area (Å²) < 4.78 is 29.7. The number of rotatable bonds is 6. The molecule has 0 radical (unpaired) electrons. The first-order chi connectivity index (χ1) is 26.5. The fourth-order valence-corrected chi connectivity index (χ4v) is 9.39. The van der Waals surface area contributed by atoms with E-state index in [0.717, 1.165) is 5.57 Å². The minimum absolute atomic E-state index is 0.000914. The second-order valence-corrected chi connectivity index (χ2v) is 17.2. The van der Waals surface area contributed by atoms with Crippen molar-refractivity contribution in [1.29, 1.82) is 0 Å². The smallest absolute Gasteiger partial charge is 0.329 e. The zero-order chi connectivity index (χ0) is 41.5. The highest BCUT2D eigenvalue weighted by Gasteiger charge is 2.56. The van der Waals surface area contributed by atoms with E-state index in [0.29, 0.717) is 56.9 Å². The van der Waals surface area contributed by atoms with Crippen molar-refractivity contribution in [2.75, 3.05) is 27.9 Å². The number of aliphatic hydroxyl groups excluding tert-OH is 2. The maximum atomic E-state index is 14.3. The number of ketones is 2. The van der Waals surface area contributed by atoms with E-state index in [9.17, 15) is 34.5 Å². The largest absolute Gasteiger partial charge is 0.456 e. The summed E-state index contributed by atoms with van der Waals surface area (Å²) in [5.74, 6) is -7.50. The first-order valence-corrected chi connectivity index (χ1v) is 20.8. The fraction of sp³-hybridized carbons (Fsp3) is 0.814. The Hall–Kier alpha value is -2.52. The highest BCUT2D eigenvalue weighted by atomic mass is 16.7. The highest BCUT2D eigenvalue weighted by molar-refractivity contribution is 6.39. The summed E-state index contributed by atoms with van der Waals surface area (Å²) in [6.07, 6.45) is 3.72. The van der Waals surface area contributed by atoms with Crippen molar-refractivity contribution < 1.29 is 58.2 Å². The lowest BCUT2D eigenvalue weighted by molar-refractivity contribution is -0.302. The fourth-order valence-electron chi connectivity index (χ4n) is 9.39. The van der Waals surface area contributed by atoms with Crippen molar-refractivity contribution >= 4 is 23.4 Å². The van der Waals surface area contributed by atoms with Gasteiger partial charge < -0.3 is 43.9 Å². The molecule has 1 amide bonds. The average molecular weight is 792 g/mol. The summed E-state index contributed by atoms with van der Waals surface area (Å²) in [7, 11) is 4.63. The van der Waals surface area contributed by atoms with Crippen LogP contribution in [-0.4, -0.2) is 126 Å². The number of allylic oxidation sites excluding steroid dienone is 3. The molecule has 2 bridgehead atoms. The molecule has 56 heavy (non-hydrogen) atoms. The van der Waals surface area contributed by atoms with Crippen molar-refractivity contribution in [3.63, 3.8) is 0 Å². The molecule has 0 aromatic rings. The monoisotopic (exact) mass is 791 g/mol. The molecule has 3 N–H and O–H groups in total. The summed E-state index contributed by atoms with van der Waals surface area (Å²) in [4.78, 5) is 57.6. The number of nitrogens with zero attached hydrogens (tertiary/aromatic N) is 1. The molecule has 1 unspecified atom stereocenters. The molecule has 2 saturated heterocycles. The third-order valence-electron chi connectivity index (χ3n) is 12.9. The number of carbonyl (C=O) groups excluding carboxylic acids is 4. The molecular formula is C43H69NO12. The molecule has 1 aliphatic carbocycles. The van der Waals surface area contributed by atoms with Crippen LogP contribution in [0.3, 0.4) is 0 Å². The Morgan fingerprint density at radius 3 is 2.21 bits per heavy atom. The molecule has 3 heterocycles. The second-order valence-electron chi connectivity index (χ2n) is 17.2. The predicted molar refractivity (Wildman–Crippen MR) is 208 cm³/mol. The van der Waals surface area contributed by atoms with Gasteiger partial charge in [-0.25, -0.2) is 4.79 Å². The normalized spacial score (nSPS) is 41.6. The molecule has 0 aromatic carbocycles. The Morgan fingerprint density at radius 2 is 1.57 bits per heavy atom. The van der Waals surface area contributed by atoms with Crippen LogP contribution in [0.5, 0.6) is 0 Å². The number of fused-ring (bicyclic) bond motifs is 3. The van der Waals surface area contributed by atoms with E-state index in [1.165, 1.54) is 19.1 Å². The number of Topliss-reactive ketones (excluding diaryl/α,β-unsaturated/α-hetero) is 2. The number of amides is 1. The average Bonchev–Trinajstić information content (AvgIpc) is 3.18. The first-order valence-electron chi connectivity index (χ1n) is 20.8. The van der Waals surface area contributed by atoms with Gasteiger partial charge in [0.1, 0.15) is 24.0 Å². The van der Waals surface area contributed by atoms with Crippen LogP contribution in [0.25, 0.3) is 0 Å². The van der Waals surface area contributed by atoms with Crippen LogP contribution >= 0.6 is 0 Å². The zero-order valence-electron chi connectivity index (χ0n) is 35.1. The molecular weight excluding hydrogens is 722 g/mol. The Bertz CT molecular complexity index is 1430. The minimum atomic E-state index is -2.50. The van der Waals surface area contributed by atoms with Gasteiger partial charge in [0.25, 0.3) is 11.7 Å². The summed E-state index contributed by atoms with van der Waals surface area (Å²) in [5.41, 5.74) is 1.66. The Balaban J connectivity index is 1.76. The SMILES string of the molecule is CC[C@@H]1/C=C(\C)C[C@H](C)C[C@H](OC)[C@H]2O[C@@](O)(C(=O)C(=O)N3CCCC[C@H]3C(=O)O[C@H](/C(C)=C/C3CC[C@@H](O)[C@H](OC)C3)[C@@H](C)[C@@H](O)CC1=O)[C@H](C)C[C@@H]2OC. The van der Waals surface area contributed by atoms with E-state index in [2.05, 4.69) is 6.92 Å². The standard InChI is InChI=1S/C43H69NO12/c1-10-30-18-24(2)17-25(3)19-36(53-8)39-37(54-9)21-27(5)43(51,56-39)40(48)41(49)44-16-12-11-13-31(44)42(50)55-38(28(6)33(46)23-34(30)47)26(4)20-29-14-15-32(45)35(22-29)52-7/h18,20,25,27-33,35-39,45-46,51H,10-17,19,21-23H2,1-9H3/b24-18+,26-20+/t25-,27+,28-,29?,30+,31-,32+,33-,35+,36-,37-,38+,39+,43+/m0/s1. The summed E-state index contributed by atoms with van der Waals surface area (Å²) >= 11 is 0. The number of hydrogen-bond donors (Lipinski definition) is 3. The van der Waals surface area contributed by atoms with Gasteiger partial charge in [0.05, 0.1) is 30.5 Å². The van der Waals surface area contributed by atoms with E-state index >= 15 is 0 Å². The second kappa shape index (κ2) is 20.4. The molecule has 4 aliphatic rings. The summed E-state index contributed by atoms with van der Waals surface area (Å²) in [6, 6.07) is -1.13. The van der Waals surface area contributed by atoms with Crippen molar-refractivity contribution in [3.8, 4) is 0 Å². The van der Waals surface area contributed by atoms with Gasteiger partial charge in [0.2, 0.25) is 5.79 Å². The number of esters is 1. The summed E-state index contributed by atoms with van der Waals surface area (Å²) in [5, 5.41) is 34.1. The van der Waals surface area contributed by atoms with Gasteiger partial charge in [-0.2, -0.15) is 0 Å². The zero-order valence-corrected chi connectivity index (χ0v) is 35.1. The molecule has 1 saturated carbocycles. The Kier molecular flexibility index (Phi) is 16.9. The lowest BCUT2D eigenvalue weighted by atomic mass is 9.81. The van der Waals surface area contributed by atoms with Crippen molar-refractivity contribution in [3.05, 3.63) is 23.3 Å². The van der Waals surface area contributed by atoms with Crippen LogP contribution in [0.1, 0.15) is 112 Å². The molecule has 13 heteroatoms. The van der Waals surface area contributed by atoms with Crippen LogP contribution in [0.2, 0.25) is 0 Å². The van der Waals surface area contributed by atoms with Gasteiger partial charge >= 0.3 is 5.97 Å².